The van der Waals surface area contributed by atoms with Crippen LogP contribution in [-0.2, 0) is 20.4 Å². The van der Waals surface area contributed by atoms with Crippen molar-refractivity contribution < 1.29 is 19.1 Å². The predicted octanol–water partition coefficient (Wildman–Crippen LogP) is 9.07. The third kappa shape index (κ3) is 11.4. The Labute approximate surface area is 446 Å². The first-order chi connectivity index (χ1) is 36.7. The van der Waals surface area contributed by atoms with Crippen LogP contribution in [0.3, 0.4) is 0 Å². The summed E-state index contributed by atoms with van der Waals surface area (Å²) in [6.45, 7) is 12.3. The van der Waals surface area contributed by atoms with E-state index in [1.165, 1.54) is 60.3 Å². The van der Waals surface area contributed by atoms with E-state index >= 15 is 0 Å². The number of methoxy groups -OCH3 is 2. The number of rotatable bonds is 20. The minimum atomic E-state index is -0.289. The van der Waals surface area contributed by atoms with Crippen molar-refractivity contribution in [2.75, 3.05) is 137 Å². The Morgan fingerprint density at radius 2 is 0.974 bits per heavy atom. The van der Waals surface area contributed by atoms with Gasteiger partial charge in [0.05, 0.1) is 48.3 Å². The third-order valence-electron chi connectivity index (χ3n) is 14.6. The number of anilines is 12. The van der Waals surface area contributed by atoms with Gasteiger partial charge in [-0.1, -0.05) is 49.6 Å². The Balaban J connectivity index is 0.000000186. The molecule has 2 aliphatic heterocycles. The van der Waals surface area contributed by atoms with Crippen molar-refractivity contribution in [1.82, 2.24) is 29.7 Å². The van der Waals surface area contributed by atoms with Gasteiger partial charge in [-0.05, 0) is 114 Å². The van der Waals surface area contributed by atoms with Crippen LogP contribution in [0, 0.1) is 0 Å². The maximum atomic E-state index is 12.3. The summed E-state index contributed by atoms with van der Waals surface area (Å²) < 4.78 is 11.5. The Kier molecular flexibility index (Phi) is 15.5. The van der Waals surface area contributed by atoms with Crippen molar-refractivity contribution in [3.05, 3.63) is 134 Å². The predicted molar refractivity (Wildman–Crippen MR) is 307 cm³/mol. The van der Waals surface area contributed by atoms with E-state index in [2.05, 4.69) is 122 Å². The van der Waals surface area contributed by atoms with E-state index in [1.54, 1.807) is 26.6 Å². The van der Waals surface area contributed by atoms with E-state index in [0.717, 1.165) is 62.3 Å². The molecular formula is C58H70N14O4. The molecule has 2 saturated carbocycles. The first kappa shape index (κ1) is 52.6. The van der Waals surface area contributed by atoms with E-state index in [0.29, 0.717) is 46.1 Å². The van der Waals surface area contributed by atoms with E-state index in [9.17, 15) is 9.59 Å². The fraction of sp³-hybridized carbons (Fsp3) is 0.345. The molecule has 6 aromatic rings. The van der Waals surface area contributed by atoms with Crippen molar-refractivity contribution in [3.8, 4) is 11.5 Å². The molecule has 4 heterocycles. The van der Waals surface area contributed by atoms with Crippen molar-refractivity contribution in [2.45, 2.75) is 36.5 Å². The number of para-hydroxylation sites is 2. The number of aromatic nitrogens is 4. The molecule has 0 unspecified atom stereocenters. The molecule has 4 aliphatic rings. The van der Waals surface area contributed by atoms with Crippen LogP contribution in [0.4, 0.5) is 69.0 Å². The molecule has 2 aromatic heterocycles. The summed E-state index contributed by atoms with van der Waals surface area (Å²) in [6.07, 6.45) is 10.9. The van der Waals surface area contributed by atoms with Gasteiger partial charge in [-0.15, -0.1) is 0 Å². The van der Waals surface area contributed by atoms with Gasteiger partial charge >= 0.3 is 0 Å². The lowest BCUT2D eigenvalue weighted by molar-refractivity contribution is -0.112. The number of hydrogen-bond acceptors (Lipinski definition) is 16. The molecule has 0 saturated heterocycles. The smallest absolute Gasteiger partial charge is 0.247 e. The normalized spacial score (nSPS) is 14.8. The van der Waals surface area contributed by atoms with Crippen LogP contribution in [0.15, 0.2) is 123 Å². The van der Waals surface area contributed by atoms with Crippen LogP contribution in [0.25, 0.3) is 0 Å². The highest BCUT2D eigenvalue weighted by molar-refractivity contribution is 6.03. The molecular weight excluding hydrogens is 957 g/mol. The van der Waals surface area contributed by atoms with Crippen molar-refractivity contribution in [1.29, 1.82) is 0 Å². The summed E-state index contributed by atoms with van der Waals surface area (Å²) in [4.78, 5) is 56.1. The highest BCUT2D eigenvalue weighted by Crippen LogP contribution is 2.59. The molecule has 4 aromatic carbocycles. The third-order valence-corrected chi connectivity index (χ3v) is 14.6. The first-order valence-corrected chi connectivity index (χ1v) is 25.6. The van der Waals surface area contributed by atoms with Crippen LogP contribution in [0.5, 0.6) is 11.5 Å². The number of ether oxygens (including phenoxy) is 2. The minimum Gasteiger partial charge on any atom is -0.494 e. The molecule has 0 radical (unpaired) electrons. The number of amides is 2. The Bertz CT molecular complexity index is 2910. The molecule has 4 N–H and O–H groups in total. The summed E-state index contributed by atoms with van der Waals surface area (Å²) in [5.41, 5.74) is 10.0. The van der Waals surface area contributed by atoms with Gasteiger partial charge in [-0.2, -0.15) is 9.97 Å². The zero-order valence-corrected chi connectivity index (χ0v) is 45.0. The second-order valence-corrected chi connectivity index (χ2v) is 20.5. The number of hydrogen-bond donors (Lipinski definition) is 4. The number of fused-ring (bicyclic) bond motifs is 4. The number of nitrogens with one attached hydrogen (secondary N) is 4. The van der Waals surface area contributed by atoms with E-state index < -0.39 is 0 Å². The molecule has 18 heteroatoms. The molecule has 0 atom stereocenters. The van der Waals surface area contributed by atoms with Gasteiger partial charge in [0, 0.05) is 100 Å². The highest BCUT2D eigenvalue weighted by atomic mass is 16.5. The molecule has 18 nitrogen and oxygen atoms in total. The van der Waals surface area contributed by atoms with Gasteiger partial charge in [0.15, 0.2) is 0 Å². The maximum Gasteiger partial charge on any atom is 0.247 e. The lowest BCUT2D eigenvalue weighted by atomic mass is 9.99. The van der Waals surface area contributed by atoms with Crippen LogP contribution < -0.4 is 50.3 Å². The molecule has 2 amide bonds. The molecule has 0 bridgehead atoms. The highest BCUT2D eigenvalue weighted by Gasteiger charge is 2.53. The Morgan fingerprint density at radius 3 is 1.33 bits per heavy atom. The average molecular weight is 1030 g/mol. The summed E-state index contributed by atoms with van der Waals surface area (Å²) in [5.74, 6) is 3.24. The van der Waals surface area contributed by atoms with Gasteiger partial charge in [-0.3, -0.25) is 9.59 Å². The van der Waals surface area contributed by atoms with Crippen molar-refractivity contribution >= 4 is 80.8 Å². The van der Waals surface area contributed by atoms with Crippen molar-refractivity contribution in [2.24, 2.45) is 0 Å². The maximum absolute atomic E-state index is 12.3. The van der Waals surface area contributed by atoms with Crippen LogP contribution in [0.2, 0.25) is 0 Å². The number of nitrogens with zero attached hydrogens (tertiary/aromatic N) is 10. The standard InChI is InChI=1S/2C29H35N7O2/c2*1-6-27(37)31-21-17-22(25(38-5)18-24(21)35(4)16-15-34(2)3)32-28-30-14-11-26(33-28)36-19-29(12-13-29)20-9-7-8-10-23(20)36/h2*6-11,14,17-18H,1,12-13,15-16,19H2,2-5H3,(H,31,37)(H,30,32,33). The minimum absolute atomic E-state index is 0.255. The molecule has 396 valence electrons. The molecule has 10 rings (SSSR count). The largest absolute Gasteiger partial charge is 0.494 e. The zero-order valence-electron chi connectivity index (χ0n) is 45.0. The van der Waals surface area contributed by atoms with E-state index in [1.807, 2.05) is 78.7 Å². The number of benzene rings is 4. The Hall–Kier alpha value is -8.22. The molecule has 76 heavy (non-hydrogen) atoms. The summed E-state index contributed by atoms with van der Waals surface area (Å²) >= 11 is 0. The fourth-order valence-electron chi connectivity index (χ4n) is 10.00. The molecule has 2 fully saturated rings. The fourth-order valence-corrected chi connectivity index (χ4v) is 10.00. The molecule has 2 spiro atoms. The van der Waals surface area contributed by atoms with Crippen molar-refractivity contribution in [3.63, 3.8) is 0 Å². The van der Waals surface area contributed by atoms with Crippen LogP contribution in [0.1, 0.15) is 36.8 Å². The topological polar surface area (TPSA) is 172 Å². The lowest BCUT2D eigenvalue weighted by Crippen LogP contribution is -2.29. The second kappa shape index (κ2) is 22.3. The van der Waals surface area contributed by atoms with Gasteiger partial charge in [-0.25, -0.2) is 9.97 Å². The summed E-state index contributed by atoms with van der Waals surface area (Å²) in [5, 5.41) is 12.5. The Morgan fingerprint density at radius 1 is 0.579 bits per heavy atom. The number of carbonyl (C=O) groups is 2. The van der Waals surface area contributed by atoms with Gasteiger partial charge in [0.25, 0.3) is 0 Å². The average Bonchev–Trinajstić information content (AvgIpc) is 4.42. The summed E-state index contributed by atoms with van der Waals surface area (Å²) in [7, 11) is 15.3. The van der Waals surface area contributed by atoms with E-state index in [4.69, 9.17) is 19.4 Å². The zero-order chi connectivity index (χ0) is 53.7. The second-order valence-electron chi connectivity index (χ2n) is 20.5. The number of carbonyl (C=O) groups excluding carboxylic acids is 2. The van der Waals surface area contributed by atoms with Gasteiger partial charge < -0.3 is 60.1 Å². The SMILES string of the molecule is C=CC(=O)Nc1cc(Nc2nccc(N3CC4(CC4)c4ccccc43)n2)c(OC)cc1N(C)CCN(C)C.C=CC(=O)Nc1cc(Nc2nccc(N3CC4(CC4)c4ccccc43)n2)c(OC)cc1N(C)CCN(C)C. The van der Waals surface area contributed by atoms with Gasteiger partial charge in [0.2, 0.25) is 23.7 Å². The quantitative estimate of drug-likeness (QED) is 0.0534. The van der Waals surface area contributed by atoms with Gasteiger partial charge in [0.1, 0.15) is 23.1 Å². The monoisotopic (exact) mass is 1030 g/mol. The van der Waals surface area contributed by atoms with E-state index in [-0.39, 0.29) is 22.6 Å². The van der Waals surface area contributed by atoms with Crippen LogP contribution in [-0.4, -0.2) is 137 Å². The van der Waals surface area contributed by atoms with Crippen LogP contribution >= 0.6 is 0 Å². The lowest BCUT2D eigenvalue weighted by Gasteiger charge is -2.26. The number of likely N-dealkylation sites (N-methyl/N-ethyl adjacent to an activating group) is 4. The summed E-state index contributed by atoms with van der Waals surface area (Å²) in [6, 6.07) is 28.6. The molecule has 2 aliphatic carbocycles. The first-order valence-electron chi connectivity index (χ1n) is 25.6.